The van der Waals surface area contributed by atoms with Crippen molar-refractivity contribution in [2.45, 2.75) is 6.92 Å². The maximum Gasteiger partial charge on any atom is 0.323 e. The van der Waals surface area contributed by atoms with E-state index in [0.29, 0.717) is 5.69 Å². The highest BCUT2D eigenvalue weighted by molar-refractivity contribution is 5.74. The van der Waals surface area contributed by atoms with Crippen molar-refractivity contribution in [1.82, 2.24) is 4.98 Å². The minimum absolute atomic E-state index is 0.0458. The lowest BCUT2D eigenvalue weighted by atomic mass is 10.3. The monoisotopic (exact) mass is 269 g/mol. The van der Waals surface area contributed by atoms with Crippen molar-refractivity contribution in [3.8, 4) is 0 Å². The summed E-state index contributed by atoms with van der Waals surface area (Å²) in [6.45, 7) is 1.77. The number of nitro groups is 1. The molecule has 8 nitrogen and oxygen atoms in total. The Balaban J connectivity index is 3.14. The summed E-state index contributed by atoms with van der Waals surface area (Å²) in [5.41, 5.74) is 0.358. The Morgan fingerprint density at radius 2 is 2.26 bits per heavy atom. The van der Waals surface area contributed by atoms with E-state index in [4.69, 9.17) is 9.84 Å². The van der Waals surface area contributed by atoms with Gasteiger partial charge in [0.1, 0.15) is 6.54 Å². The predicted octanol–water partition coefficient (Wildman–Crippen LogP) is 0.836. The molecule has 1 heterocycles. The van der Waals surface area contributed by atoms with Crippen molar-refractivity contribution in [1.29, 1.82) is 0 Å². The topological polar surface area (TPSA) is 106 Å². The summed E-state index contributed by atoms with van der Waals surface area (Å²) >= 11 is 0. The molecule has 104 valence electrons. The zero-order valence-corrected chi connectivity index (χ0v) is 10.7. The largest absolute Gasteiger partial charge is 0.480 e. The number of aryl methyl sites for hydroxylation is 1. The third-order valence-corrected chi connectivity index (χ3v) is 2.38. The van der Waals surface area contributed by atoms with Gasteiger partial charge in [-0.15, -0.1) is 0 Å². The Hall–Kier alpha value is -2.22. The van der Waals surface area contributed by atoms with Crippen LogP contribution in [0, 0.1) is 17.0 Å². The summed E-state index contributed by atoms with van der Waals surface area (Å²) in [4.78, 5) is 26.6. The van der Waals surface area contributed by atoms with Gasteiger partial charge < -0.3 is 14.7 Å². The Morgan fingerprint density at radius 3 is 2.79 bits per heavy atom. The van der Waals surface area contributed by atoms with Crippen molar-refractivity contribution < 1.29 is 19.6 Å². The third-order valence-electron chi connectivity index (χ3n) is 2.38. The van der Waals surface area contributed by atoms with Crippen molar-refractivity contribution in [3.63, 3.8) is 0 Å². The number of carboxylic acid groups (broad SMARTS) is 1. The highest BCUT2D eigenvalue weighted by atomic mass is 16.6. The van der Waals surface area contributed by atoms with Crippen LogP contribution in [0.25, 0.3) is 0 Å². The first kappa shape index (κ1) is 14.8. The molecule has 0 aromatic carbocycles. The van der Waals surface area contributed by atoms with Gasteiger partial charge in [-0.3, -0.25) is 14.9 Å². The van der Waals surface area contributed by atoms with Crippen LogP contribution in [0.2, 0.25) is 0 Å². The predicted molar refractivity (Wildman–Crippen MR) is 67.4 cm³/mol. The summed E-state index contributed by atoms with van der Waals surface area (Å²) in [6, 6.07) is 2.83. The maximum absolute atomic E-state index is 11.0. The molecule has 1 aromatic rings. The van der Waals surface area contributed by atoms with Crippen LogP contribution in [0.4, 0.5) is 11.5 Å². The first-order chi connectivity index (χ1) is 8.95. The molecule has 0 aliphatic heterocycles. The molecule has 1 rings (SSSR count). The Kier molecular flexibility index (Phi) is 5.19. The van der Waals surface area contributed by atoms with E-state index in [1.54, 1.807) is 6.92 Å². The summed E-state index contributed by atoms with van der Waals surface area (Å²) in [5, 5.41) is 19.8. The number of hydrogen-bond acceptors (Lipinski definition) is 6. The summed E-state index contributed by atoms with van der Waals surface area (Å²) in [5.74, 6) is -1.04. The van der Waals surface area contributed by atoms with Crippen LogP contribution in [-0.2, 0) is 9.53 Å². The van der Waals surface area contributed by atoms with Gasteiger partial charge in [0.25, 0.3) is 0 Å². The summed E-state index contributed by atoms with van der Waals surface area (Å²) in [6.07, 6.45) is 0. The van der Waals surface area contributed by atoms with E-state index in [0.717, 1.165) is 0 Å². The molecule has 19 heavy (non-hydrogen) atoms. The van der Waals surface area contributed by atoms with E-state index in [2.05, 4.69) is 4.98 Å². The molecule has 0 aliphatic carbocycles. The lowest BCUT2D eigenvalue weighted by molar-refractivity contribution is -0.384. The molecular weight excluding hydrogens is 254 g/mol. The fourth-order valence-corrected chi connectivity index (χ4v) is 1.54. The van der Waals surface area contributed by atoms with Crippen molar-refractivity contribution in [3.05, 3.63) is 27.9 Å². The number of carboxylic acids is 1. The van der Waals surface area contributed by atoms with Crippen LogP contribution in [0.15, 0.2) is 12.1 Å². The molecule has 0 unspecified atom stereocenters. The second kappa shape index (κ2) is 6.64. The molecule has 0 fully saturated rings. The molecule has 0 saturated heterocycles. The highest BCUT2D eigenvalue weighted by Crippen LogP contribution is 2.25. The van der Waals surface area contributed by atoms with Gasteiger partial charge in [0.15, 0.2) is 0 Å². The fraction of sp³-hybridized carbons (Fsp3) is 0.455. The van der Waals surface area contributed by atoms with Gasteiger partial charge in [0.2, 0.25) is 5.82 Å². The van der Waals surface area contributed by atoms with Gasteiger partial charge in [-0.1, -0.05) is 0 Å². The fourth-order valence-electron chi connectivity index (χ4n) is 1.54. The van der Waals surface area contributed by atoms with E-state index >= 15 is 0 Å². The van der Waals surface area contributed by atoms with E-state index in [9.17, 15) is 14.9 Å². The van der Waals surface area contributed by atoms with Gasteiger partial charge in [0, 0.05) is 25.4 Å². The number of aromatic nitrogens is 1. The van der Waals surface area contributed by atoms with Gasteiger partial charge in [-0.05, 0) is 13.0 Å². The average Bonchev–Trinajstić information content (AvgIpc) is 2.33. The summed E-state index contributed by atoms with van der Waals surface area (Å²) < 4.78 is 4.87. The van der Waals surface area contributed by atoms with Crippen molar-refractivity contribution in [2.24, 2.45) is 0 Å². The van der Waals surface area contributed by atoms with E-state index in [1.165, 1.54) is 24.1 Å². The average molecular weight is 269 g/mol. The van der Waals surface area contributed by atoms with Crippen molar-refractivity contribution in [2.75, 3.05) is 31.7 Å². The minimum atomic E-state index is -1.09. The molecule has 0 aliphatic rings. The lowest BCUT2D eigenvalue weighted by Crippen LogP contribution is -2.34. The van der Waals surface area contributed by atoms with Gasteiger partial charge in [0.05, 0.1) is 11.5 Å². The molecular formula is C11H15N3O5. The molecule has 0 amide bonds. The zero-order chi connectivity index (χ0) is 14.4. The van der Waals surface area contributed by atoms with E-state index < -0.39 is 10.9 Å². The molecule has 1 aromatic heterocycles. The number of methoxy groups -OCH3 is 1. The normalized spacial score (nSPS) is 10.2. The molecule has 8 heteroatoms. The second-order valence-electron chi connectivity index (χ2n) is 3.86. The van der Waals surface area contributed by atoms with Crippen LogP contribution >= 0.6 is 0 Å². The van der Waals surface area contributed by atoms with E-state index in [1.807, 2.05) is 0 Å². The van der Waals surface area contributed by atoms with E-state index in [-0.39, 0.29) is 31.2 Å². The highest BCUT2D eigenvalue weighted by Gasteiger charge is 2.22. The third kappa shape index (κ3) is 4.18. The maximum atomic E-state index is 11.0. The number of aliphatic carboxylic acids is 1. The Bertz CT molecular complexity index is 477. The summed E-state index contributed by atoms with van der Waals surface area (Å²) in [7, 11) is 1.47. The standard InChI is InChI=1S/C11H15N3O5/c1-8-3-4-9(14(17)18)11(12-8)13(5-6-19-2)7-10(15)16/h3-4H,5-7H2,1-2H3,(H,15,16). The van der Waals surface area contributed by atoms with Crippen LogP contribution in [0.3, 0.4) is 0 Å². The second-order valence-corrected chi connectivity index (χ2v) is 3.86. The Labute approximate surface area is 109 Å². The molecule has 0 spiro atoms. The number of pyridine rings is 1. The lowest BCUT2D eigenvalue weighted by Gasteiger charge is -2.21. The number of nitrogens with zero attached hydrogens (tertiary/aromatic N) is 3. The Morgan fingerprint density at radius 1 is 1.58 bits per heavy atom. The number of ether oxygens (including phenoxy) is 1. The van der Waals surface area contributed by atoms with Gasteiger partial charge in [-0.2, -0.15) is 0 Å². The SMILES string of the molecule is COCCN(CC(=O)O)c1nc(C)ccc1[N+](=O)[O-]. The zero-order valence-electron chi connectivity index (χ0n) is 10.7. The van der Waals surface area contributed by atoms with Crippen LogP contribution in [0.5, 0.6) is 0 Å². The van der Waals surface area contributed by atoms with Crippen LogP contribution in [-0.4, -0.2) is 47.8 Å². The smallest absolute Gasteiger partial charge is 0.323 e. The number of hydrogen-bond donors (Lipinski definition) is 1. The van der Waals surface area contributed by atoms with Crippen LogP contribution < -0.4 is 4.90 Å². The van der Waals surface area contributed by atoms with Crippen molar-refractivity contribution >= 4 is 17.5 Å². The quantitative estimate of drug-likeness (QED) is 0.577. The first-order valence-electron chi connectivity index (χ1n) is 5.53. The van der Waals surface area contributed by atoms with Gasteiger partial charge in [-0.25, -0.2) is 4.98 Å². The molecule has 0 bridgehead atoms. The molecule has 1 N–H and O–H groups in total. The number of anilines is 1. The minimum Gasteiger partial charge on any atom is -0.480 e. The van der Waals surface area contributed by atoms with Gasteiger partial charge >= 0.3 is 11.7 Å². The molecule has 0 atom stereocenters. The number of carbonyl (C=O) groups is 1. The van der Waals surface area contributed by atoms with Crippen LogP contribution in [0.1, 0.15) is 5.69 Å². The molecule has 0 saturated carbocycles. The molecule has 0 radical (unpaired) electrons. The first-order valence-corrected chi connectivity index (χ1v) is 5.53. The number of rotatable bonds is 7.